The molecule has 0 aromatic heterocycles. The fourth-order valence-electron chi connectivity index (χ4n) is 2.80. The zero-order chi connectivity index (χ0) is 17.9. The lowest BCUT2D eigenvalue weighted by Crippen LogP contribution is -2.49. The van der Waals surface area contributed by atoms with Gasteiger partial charge in [-0.2, -0.15) is 0 Å². The van der Waals surface area contributed by atoms with Crippen molar-refractivity contribution in [2.45, 2.75) is 39.3 Å². The first-order valence-corrected chi connectivity index (χ1v) is 8.56. The van der Waals surface area contributed by atoms with E-state index in [-0.39, 0.29) is 6.17 Å². The SMILES string of the molecule is C=C1NC(c2cccc(C(C)C)c2)NN(C)C(=C)N(CCC)C1=C. The highest BCUT2D eigenvalue weighted by molar-refractivity contribution is 5.32. The zero-order valence-corrected chi connectivity index (χ0v) is 15.4. The molecule has 1 aliphatic heterocycles. The largest absolute Gasteiger partial charge is 0.364 e. The van der Waals surface area contributed by atoms with Crippen LogP contribution in [0.5, 0.6) is 0 Å². The Hall–Kier alpha value is -2.20. The van der Waals surface area contributed by atoms with Crippen LogP contribution in [0.25, 0.3) is 0 Å². The summed E-state index contributed by atoms with van der Waals surface area (Å²) in [6, 6.07) is 8.61. The summed E-state index contributed by atoms with van der Waals surface area (Å²) in [6.07, 6.45) is 0.928. The molecule has 0 spiro atoms. The van der Waals surface area contributed by atoms with Gasteiger partial charge in [0.15, 0.2) is 0 Å². The monoisotopic (exact) mass is 326 g/mol. The molecule has 1 aromatic rings. The first-order valence-electron chi connectivity index (χ1n) is 8.56. The molecular formula is C20H30N4. The predicted octanol–water partition coefficient (Wildman–Crippen LogP) is 4.06. The Morgan fingerprint density at radius 1 is 1.21 bits per heavy atom. The summed E-state index contributed by atoms with van der Waals surface area (Å²) in [6.45, 7) is 20.0. The minimum Gasteiger partial charge on any atom is -0.364 e. The van der Waals surface area contributed by atoms with E-state index in [9.17, 15) is 0 Å². The molecule has 0 radical (unpaired) electrons. The third kappa shape index (κ3) is 3.82. The Balaban J connectivity index is 2.31. The van der Waals surface area contributed by atoms with Crippen molar-refractivity contribution in [3.63, 3.8) is 0 Å². The Morgan fingerprint density at radius 3 is 2.54 bits per heavy atom. The number of rotatable bonds is 4. The van der Waals surface area contributed by atoms with Gasteiger partial charge < -0.3 is 10.2 Å². The van der Waals surface area contributed by atoms with E-state index in [0.29, 0.717) is 5.92 Å². The normalized spacial score (nSPS) is 19.4. The Bertz CT molecular complexity index is 632. The molecule has 1 fully saturated rings. The molecule has 0 amide bonds. The van der Waals surface area contributed by atoms with Gasteiger partial charge in [0.25, 0.3) is 0 Å². The topological polar surface area (TPSA) is 30.5 Å². The molecule has 130 valence electrons. The average molecular weight is 326 g/mol. The fraction of sp³-hybridized carbons (Fsp3) is 0.400. The maximum atomic E-state index is 4.22. The van der Waals surface area contributed by atoms with Crippen LogP contribution >= 0.6 is 0 Å². The summed E-state index contributed by atoms with van der Waals surface area (Å²) in [5.74, 6) is 1.36. The number of benzene rings is 1. The molecule has 1 heterocycles. The lowest BCUT2D eigenvalue weighted by Gasteiger charge is -2.41. The van der Waals surface area contributed by atoms with Crippen LogP contribution in [0.1, 0.15) is 50.4 Å². The molecule has 0 bridgehead atoms. The van der Waals surface area contributed by atoms with Crippen LogP contribution in [0.4, 0.5) is 0 Å². The van der Waals surface area contributed by atoms with Crippen molar-refractivity contribution in [1.29, 1.82) is 0 Å². The highest BCUT2D eigenvalue weighted by Crippen LogP contribution is 2.25. The summed E-state index contributed by atoms with van der Waals surface area (Å²) in [5, 5.41) is 5.41. The number of nitrogens with one attached hydrogen (secondary N) is 2. The van der Waals surface area contributed by atoms with Gasteiger partial charge in [-0.15, -0.1) is 0 Å². The third-order valence-corrected chi connectivity index (χ3v) is 4.37. The second-order valence-corrected chi connectivity index (χ2v) is 6.58. The summed E-state index contributed by atoms with van der Waals surface area (Å²) < 4.78 is 0. The van der Waals surface area contributed by atoms with Crippen LogP contribution in [-0.4, -0.2) is 23.5 Å². The van der Waals surface area contributed by atoms with Crippen molar-refractivity contribution >= 4 is 0 Å². The van der Waals surface area contributed by atoms with E-state index in [0.717, 1.165) is 30.2 Å². The van der Waals surface area contributed by atoms with E-state index in [1.807, 2.05) is 12.1 Å². The first-order chi connectivity index (χ1) is 11.3. The number of nitrogens with zero attached hydrogens (tertiary/aromatic N) is 2. The van der Waals surface area contributed by atoms with E-state index in [1.165, 1.54) is 11.1 Å². The van der Waals surface area contributed by atoms with Gasteiger partial charge in [0.05, 0.1) is 11.4 Å². The van der Waals surface area contributed by atoms with Crippen molar-refractivity contribution in [1.82, 2.24) is 20.7 Å². The first kappa shape index (κ1) is 18.1. The molecule has 4 heteroatoms. The van der Waals surface area contributed by atoms with Crippen LogP contribution in [-0.2, 0) is 0 Å². The van der Waals surface area contributed by atoms with Crippen LogP contribution in [0, 0.1) is 0 Å². The van der Waals surface area contributed by atoms with Gasteiger partial charge >= 0.3 is 0 Å². The molecule has 0 aliphatic carbocycles. The third-order valence-electron chi connectivity index (χ3n) is 4.37. The molecule has 2 N–H and O–H groups in total. The Morgan fingerprint density at radius 2 is 1.92 bits per heavy atom. The molecular weight excluding hydrogens is 296 g/mol. The van der Waals surface area contributed by atoms with Gasteiger partial charge in [0, 0.05) is 13.6 Å². The predicted molar refractivity (Wildman–Crippen MR) is 102 cm³/mol. The number of hydrogen-bond donors (Lipinski definition) is 2. The highest BCUT2D eigenvalue weighted by atomic mass is 15.6. The van der Waals surface area contributed by atoms with Gasteiger partial charge in [-0.05, 0) is 23.5 Å². The second kappa shape index (κ2) is 7.58. The Labute approximate surface area is 146 Å². The molecule has 1 saturated heterocycles. The molecule has 1 atom stereocenters. The summed E-state index contributed by atoms with van der Waals surface area (Å²) in [5.41, 5.74) is 7.62. The van der Waals surface area contributed by atoms with Crippen LogP contribution in [0.15, 0.2) is 61.2 Å². The van der Waals surface area contributed by atoms with Crippen molar-refractivity contribution in [3.05, 3.63) is 72.3 Å². The lowest BCUT2D eigenvalue weighted by molar-refractivity contribution is 0.163. The van der Waals surface area contributed by atoms with E-state index in [4.69, 9.17) is 0 Å². The second-order valence-electron chi connectivity index (χ2n) is 6.58. The molecule has 1 unspecified atom stereocenters. The summed E-state index contributed by atoms with van der Waals surface area (Å²) in [7, 11) is 1.98. The molecule has 4 nitrogen and oxygen atoms in total. The molecule has 0 saturated carbocycles. The maximum absolute atomic E-state index is 4.22. The Kier molecular flexibility index (Phi) is 5.73. The van der Waals surface area contributed by atoms with E-state index < -0.39 is 0 Å². The summed E-state index contributed by atoms with van der Waals surface area (Å²) in [4.78, 5) is 2.09. The summed E-state index contributed by atoms with van der Waals surface area (Å²) >= 11 is 0. The lowest BCUT2D eigenvalue weighted by atomic mass is 10.00. The van der Waals surface area contributed by atoms with Crippen LogP contribution in [0.2, 0.25) is 0 Å². The van der Waals surface area contributed by atoms with E-state index in [2.05, 4.69) is 80.4 Å². The zero-order valence-electron chi connectivity index (χ0n) is 15.4. The van der Waals surface area contributed by atoms with Gasteiger partial charge in [0.2, 0.25) is 0 Å². The highest BCUT2D eigenvalue weighted by Gasteiger charge is 2.24. The minimum absolute atomic E-state index is 0.0847. The van der Waals surface area contributed by atoms with Gasteiger partial charge in [-0.3, -0.25) is 5.01 Å². The average Bonchev–Trinajstić information content (AvgIpc) is 2.57. The smallest absolute Gasteiger partial charge is 0.120 e. The standard InChI is InChI=1S/C20H30N4/c1-8-12-24-16(5)15(4)21-20(22-23(7)17(24)6)19-11-9-10-18(13-19)14(2)3/h9-11,13-14,20-22H,4-6,8,12H2,1-3,7H3. The molecule has 1 aromatic carbocycles. The van der Waals surface area contributed by atoms with Crippen LogP contribution < -0.4 is 10.7 Å². The quantitative estimate of drug-likeness (QED) is 0.873. The molecule has 1 aliphatic rings. The number of hydrogen-bond acceptors (Lipinski definition) is 4. The molecule has 2 rings (SSSR count). The van der Waals surface area contributed by atoms with Crippen molar-refractivity contribution in [2.24, 2.45) is 0 Å². The fourth-order valence-corrected chi connectivity index (χ4v) is 2.80. The van der Waals surface area contributed by atoms with E-state index in [1.54, 1.807) is 0 Å². The van der Waals surface area contributed by atoms with Crippen molar-refractivity contribution in [2.75, 3.05) is 13.6 Å². The maximum Gasteiger partial charge on any atom is 0.120 e. The van der Waals surface area contributed by atoms with Crippen molar-refractivity contribution in [3.8, 4) is 0 Å². The molecule has 24 heavy (non-hydrogen) atoms. The van der Waals surface area contributed by atoms with E-state index >= 15 is 0 Å². The van der Waals surface area contributed by atoms with Crippen LogP contribution in [0.3, 0.4) is 0 Å². The van der Waals surface area contributed by atoms with Crippen molar-refractivity contribution < 1.29 is 0 Å². The van der Waals surface area contributed by atoms with Gasteiger partial charge in [0.1, 0.15) is 12.0 Å². The van der Waals surface area contributed by atoms with Gasteiger partial charge in [-0.25, -0.2) is 5.43 Å². The van der Waals surface area contributed by atoms with Gasteiger partial charge in [-0.1, -0.05) is 64.8 Å². The number of hydrazine groups is 1. The minimum atomic E-state index is -0.0847.